The third-order valence-corrected chi connectivity index (χ3v) is 6.20. The molecule has 5 nitrogen and oxygen atoms in total. The second kappa shape index (κ2) is 13.8. The second-order valence-corrected chi connectivity index (χ2v) is 9.03. The van der Waals surface area contributed by atoms with Crippen molar-refractivity contribution in [1.29, 1.82) is 0 Å². The number of hydrogen-bond acceptors (Lipinski definition) is 4. The number of Topliss-reactive ketones (excluding diaryl/α,β-unsaturated/α-hetero) is 1. The molecule has 0 aliphatic carbocycles. The Morgan fingerprint density at radius 1 is 0.970 bits per heavy atom. The van der Waals surface area contributed by atoms with Crippen molar-refractivity contribution in [2.75, 3.05) is 13.2 Å². The molecule has 0 aromatic heterocycles. The first-order chi connectivity index (χ1) is 15.8. The molecule has 0 aliphatic rings. The van der Waals surface area contributed by atoms with E-state index >= 15 is 0 Å². The minimum Gasteiger partial charge on any atom is -0.493 e. The molecule has 180 valence electrons. The highest BCUT2D eigenvalue weighted by molar-refractivity contribution is 5.86. The highest BCUT2D eigenvalue weighted by atomic mass is 16.5. The molecule has 0 saturated heterocycles. The van der Waals surface area contributed by atoms with Gasteiger partial charge in [-0.25, -0.2) is 0 Å². The Labute approximate surface area is 199 Å². The van der Waals surface area contributed by atoms with Crippen LogP contribution in [0.25, 0.3) is 0 Å². The third kappa shape index (κ3) is 8.65. The predicted molar refractivity (Wildman–Crippen MR) is 135 cm³/mol. The zero-order chi connectivity index (χ0) is 24.2. The largest absolute Gasteiger partial charge is 0.493 e. The van der Waals surface area contributed by atoms with Crippen LogP contribution in [-0.2, 0) is 9.59 Å². The van der Waals surface area contributed by atoms with Crippen molar-refractivity contribution >= 4 is 11.7 Å². The molecule has 2 aromatic rings. The highest BCUT2D eigenvalue weighted by Gasteiger charge is 2.23. The standard InChI is InChI=1S/C28H40N2O3/c1-5-10-20(3)19-33-25-15-13-23(14-16-25)24(18-30-28(32)26(29)6-2)17-27(31)21(4)22-11-8-7-9-12-22/h7-9,11-16,20-21,24,26H,5-6,10,17-19,29H2,1-4H3,(H,30,32)/t20?,21-,24-,26-/m0/s1. The van der Waals surface area contributed by atoms with Crippen LogP contribution in [-0.4, -0.2) is 30.9 Å². The minimum atomic E-state index is -0.537. The SMILES string of the molecule is CCCC(C)COc1ccc([C@H](CNC(=O)[C@@H](N)CC)CC(=O)[C@@H](C)c2ccccc2)cc1. The summed E-state index contributed by atoms with van der Waals surface area (Å²) >= 11 is 0. The van der Waals surface area contributed by atoms with Gasteiger partial charge in [0, 0.05) is 24.8 Å². The van der Waals surface area contributed by atoms with Gasteiger partial charge >= 0.3 is 0 Å². The predicted octanol–water partition coefficient (Wildman–Crippen LogP) is 5.20. The zero-order valence-electron chi connectivity index (χ0n) is 20.6. The van der Waals surface area contributed by atoms with E-state index in [2.05, 4.69) is 19.2 Å². The molecule has 0 bridgehead atoms. The molecule has 0 fully saturated rings. The molecule has 0 radical (unpaired) electrons. The van der Waals surface area contributed by atoms with Crippen LogP contribution in [0.15, 0.2) is 54.6 Å². The quantitative estimate of drug-likeness (QED) is 0.413. The van der Waals surface area contributed by atoms with Gasteiger partial charge in [0.1, 0.15) is 11.5 Å². The van der Waals surface area contributed by atoms with Crippen molar-refractivity contribution in [3.05, 3.63) is 65.7 Å². The van der Waals surface area contributed by atoms with Crippen molar-refractivity contribution < 1.29 is 14.3 Å². The summed E-state index contributed by atoms with van der Waals surface area (Å²) in [5.74, 6) is 0.957. The lowest BCUT2D eigenvalue weighted by Crippen LogP contribution is -2.41. The van der Waals surface area contributed by atoms with Gasteiger partial charge in [-0.05, 0) is 42.0 Å². The monoisotopic (exact) mass is 452 g/mol. The minimum absolute atomic E-state index is 0.135. The van der Waals surface area contributed by atoms with Gasteiger partial charge in [-0.3, -0.25) is 9.59 Å². The van der Waals surface area contributed by atoms with Crippen LogP contribution in [0.2, 0.25) is 0 Å². The molecule has 2 aromatic carbocycles. The van der Waals surface area contributed by atoms with Gasteiger partial charge < -0.3 is 15.8 Å². The molecule has 0 spiro atoms. The molecule has 0 heterocycles. The molecule has 1 unspecified atom stereocenters. The summed E-state index contributed by atoms with van der Waals surface area (Å²) < 4.78 is 5.92. The van der Waals surface area contributed by atoms with Crippen molar-refractivity contribution in [2.45, 2.75) is 71.3 Å². The van der Waals surface area contributed by atoms with Gasteiger partial charge in [0.05, 0.1) is 12.6 Å². The summed E-state index contributed by atoms with van der Waals surface area (Å²) in [7, 11) is 0. The Bertz CT molecular complexity index is 851. The average molecular weight is 453 g/mol. The van der Waals surface area contributed by atoms with E-state index in [4.69, 9.17) is 10.5 Å². The van der Waals surface area contributed by atoms with E-state index < -0.39 is 6.04 Å². The zero-order valence-corrected chi connectivity index (χ0v) is 20.6. The second-order valence-electron chi connectivity index (χ2n) is 9.03. The third-order valence-electron chi connectivity index (χ3n) is 6.20. The number of amides is 1. The molecule has 0 aliphatic heterocycles. The number of nitrogens with two attached hydrogens (primary N) is 1. The van der Waals surface area contributed by atoms with Crippen molar-refractivity contribution in [3.63, 3.8) is 0 Å². The van der Waals surface area contributed by atoms with Crippen molar-refractivity contribution in [1.82, 2.24) is 5.32 Å². The van der Waals surface area contributed by atoms with Crippen LogP contribution >= 0.6 is 0 Å². The molecule has 4 atom stereocenters. The fourth-order valence-corrected chi connectivity index (χ4v) is 3.85. The van der Waals surface area contributed by atoms with Crippen LogP contribution < -0.4 is 15.8 Å². The topological polar surface area (TPSA) is 81.4 Å². The summed E-state index contributed by atoms with van der Waals surface area (Å²) in [5, 5.41) is 2.94. The van der Waals surface area contributed by atoms with Gasteiger partial charge in [-0.2, -0.15) is 0 Å². The fraction of sp³-hybridized carbons (Fsp3) is 0.500. The molecule has 33 heavy (non-hydrogen) atoms. The maximum Gasteiger partial charge on any atom is 0.236 e. The highest BCUT2D eigenvalue weighted by Crippen LogP contribution is 2.27. The Balaban J connectivity index is 2.11. The fourth-order valence-electron chi connectivity index (χ4n) is 3.85. The lowest BCUT2D eigenvalue weighted by molar-refractivity contribution is -0.123. The van der Waals surface area contributed by atoms with E-state index in [1.807, 2.05) is 68.4 Å². The average Bonchev–Trinajstić information content (AvgIpc) is 2.85. The molecular weight excluding hydrogens is 412 g/mol. The molecule has 0 saturated carbocycles. The van der Waals surface area contributed by atoms with E-state index in [0.717, 1.165) is 29.7 Å². The summed E-state index contributed by atoms with van der Waals surface area (Å²) in [6.45, 7) is 9.25. The van der Waals surface area contributed by atoms with Gasteiger partial charge in [-0.1, -0.05) is 76.6 Å². The van der Waals surface area contributed by atoms with Gasteiger partial charge in [0.15, 0.2) is 0 Å². The number of ketones is 1. The Hall–Kier alpha value is -2.66. The molecule has 2 rings (SSSR count). The van der Waals surface area contributed by atoms with E-state index in [1.54, 1.807) is 0 Å². The number of ether oxygens (including phenoxy) is 1. The van der Waals surface area contributed by atoms with Crippen LogP contribution in [0, 0.1) is 5.92 Å². The molecule has 1 amide bonds. The van der Waals surface area contributed by atoms with Gasteiger partial charge in [0.2, 0.25) is 5.91 Å². The van der Waals surface area contributed by atoms with Gasteiger partial charge in [0.25, 0.3) is 0 Å². The van der Waals surface area contributed by atoms with E-state index in [-0.39, 0.29) is 23.5 Å². The first kappa shape index (κ1) is 26.6. The molecule has 5 heteroatoms. The summed E-state index contributed by atoms with van der Waals surface area (Å²) in [6, 6.07) is 17.2. The van der Waals surface area contributed by atoms with E-state index in [1.165, 1.54) is 0 Å². The summed E-state index contributed by atoms with van der Waals surface area (Å²) in [4.78, 5) is 25.4. The van der Waals surface area contributed by atoms with Crippen LogP contribution in [0.4, 0.5) is 0 Å². The summed E-state index contributed by atoms with van der Waals surface area (Å²) in [5.41, 5.74) is 7.88. The summed E-state index contributed by atoms with van der Waals surface area (Å²) in [6.07, 6.45) is 3.20. The number of nitrogens with one attached hydrogen (secondary N) is 1. The van der Waals surface area contributed by atoms with E-state index in [9.17, 15) is 9.59 Å². The van der Waals surface area contributed by atoms with E-state index in [0.29, 0.717) is 31.9 Å². The van der Waals surface area contributed by atoms with Crippen molar-refractivity contribution in [3.8, 4) is 5.75 Å². The lowest BCUT2D eigenvalue weighted by Gasteiger charge is -2.21. The van der Waals surface area contributed by atoms with Crippen LogP contribution in [0.5, 0.6) is 5.75 Å². The number of benzene rings is 2. The normalized spacial score (nSPS) is 14.7. The number of carbonyl (C=O) groups is 2. The lowest BCUT2D eigenvalue weighted by atomic mass is 9.87. The van der Waals surface area contributed by atoms with Crippen LogP contribution in [0.1, 0.15) is 76.3 Å². The van der Waals surface area contributed by atoms with Gasteiger partial charge in [-0.15, -0.1) is 0 Å². The number of rotatable bonds is 14. The van der Waals surface area contributed by atoms with Crippen molar-refractivity contribution in [2.24, 2.45) is 11.7 Å². The number of carbonyl (C=O) groups excluding carboxylic acids is 2. The maximum absolute atomic E-state index is 13.1. The first-order valence-electron chi connectivity index (χ1n) is 12.2. The smallest absolute Gasteiger partial charge is 0.236 e. The first-order valence-corrected chi connectivity index (χ1v) is 12.2. The van der Waals surface area contributed by atoms with Crippen LogP contribution in [0.3, 0.4) is 0 Å². The molecule has 3 N–H and O–H groups in total. The molecular formula is C28H40N2O3. The Morgan fingerprint density at radius 3 is 2.24 bits per heavy atom. The Kier molecular flexibility index (Phi) is 11.1. The Morgan fingerprint density at radius 2 is 1.64 bits per heavy atom. The number of hydrogen-bond donors (Lipinski definition) is 2. The maximum atomic E-state index is 13.1.